The van der Waals surface area contributed by atoms with Crippen molar-refractivity contribution in [2.45, 2.75) is 45.1 Å². The van der Waals surface area contributed by atoms with E-state index in [1.54, 1.807) is 0 Å². The first-order valence-corrected chi connectivity index (χ1v) is 9.07. The van der Waals surface area contributed by atoms with Crippen LogP contribution in [0.15, 0.2) is 0 Å². The van der Waals surface area contributed by atoms with E-state index in [1.165, 1.54) is 19.1 Å². The van der Waals surface area contributed by atoms with Crippen molar-refractivity contribution in [1.82, 2.24) is 4.90 Å². The van der Waals surface area contributed by atoms with Crippen LogP contribution in [0.5, 0.6) is 23.0 Å². The maximum Gasteiger partial charge on any atom is 0.235 e. The molecule has 0 aromatic heterocycles. The number of methoxy groups -OCH3 is 2. The Hall–Kier alpha value is -2.03. The van der Waals surface area contributed by atoms with Gasteiger partial charge in [-0.25, -0.2) is 4.90 Å². The fourth-order valence-corrected chi connectivity index (χ4v) is 4.40. The molecule has 3 rings (SSSR count). The van der Waals surface area contributed by atoms with E-state index in [4.69, 9.17) is 9.47 Å². The smallest absolute Gasteiger partial charge is 0.235 e. The summed E-state index contributed by atoms with van der Waals surface area (Å²) in [5, 5.41) is 43.0. The maximum absolute atomic E-state index is 12.7. The first-order chi connectivity index (χ1) is 12.6. The highest BCUT2D eigenvalue weighted by molar-refractivity contribution is 5.84. The molecule has 8 nitrogen and oxygen atoms in total. The Labute approximate surface area is 157 Å². The largest absolute Gasteiger partial charge is 0.504 e. The average Bonchev–Trinajstić information content (AvgIpc) is 2.60. The van der Waals surface area contributed by atoms with Gasteiger partial charge < -0.3 is 29.9 Å². The maximum atomic E-state index is 12.7. The summed E-state index contributed by atoms with van der Waals surface area (Å²) in [7, 11) is 2.68. The molecule has 4 N–H and O–H groups in total. The summed E-state index contributed by atoms with van der Waals surface area (Å²) in [6.07, 6.45) is 0.623. The van der Waals surface area contributed by atoms with Gasteiger partial charge in [-0.3, -0.25) is 4.79 Å². The Morgan fingerprint density at radius 2 is 1.74 bits per heavy atom. The molecule has 2 heterocycles. The van der Waals surface area contributed by atoms with Gasteiger partial charge in [-0.05, 0) is 18.8 Å². The Balaban J connectivity index is 2.13. The Bertz CT molecular complexity index is 759. The minimum atomic E-state index is -2.32. The number of phenolic OH excluding ortho intramolecular Hbond substituents is 2. The lowest BCUT2D eigenvalue weighted by Crippen LogP contribution is -2.63. The lowest BCUT2D eigenvalue weighted by atomic mass is 9.77. The van der Waals surface area contributed by atoms with E-state index in [1.807, 2.05) is 13.8 Å². The number of piperidine rings is 1. The molecule has 0 radical (unpaired) electrons. The quantitative estimate of drug-likeness (QED) is 0.455. The van der Waals surface area contributed by atoms with Crippen LogP contribution >= 0.6 is 0 Å². The van der Waals surface area contributed by atoms with Gasteiger partial charge in [-0.15, -0.1) is 0 Å². The normalized spacial score (nSPS) is 24.5. The zero-order valence-corrected chi connectivity index (χ0v) is 16.0. The summed E-state index contributed by atoms with van der Waals surface area (Å²) in [5.74, 6) is -3.87. The van der Waals surface area contributed by atoms with Crippen molar-refractivity contribution < 1.29 is 34.7 Å². The number of aromatic hydroxyl groups is 2. The van der Waals surface area contributed by atoms with Gasteiger partial charge in [0.1, 0.15) is 5.78 Å². The van der Waals surface area contributed by atoms with Gasteiger partial charge in [-0.1, -0.05) is 13.8 Å². The van der Waals surface area contributed by atoms with Crippen molar-refractivity contribution in [3.05, 3.63) is 11.1 Å². The summed E-state index contributed by atoms with van der Waals surface area (Å²) < 4.78 is 10.3. The van der Waals surface area contributed by atoms with Crippen molar-refractivity contribution in [3.8, 4) is 23.0 Å². The molecule has 2 aliphatic rings. The molecule has 1 fully saturated rings. The standard InChI is InChI=1S/C19H27NO7/c1-9(2)7-11-13(21)8-12-14-10(5-6-20(12)19(11,24)25)15(22)17(26-3)18(27-4)16(14)23/h9,11-12,22-25H,5-8H2,1-4H3. The van der Waals surface area contributed by atoms with Crippen LogP contribution in [0.25, 0.3) is 0 Å². The van der Waals surface area contributed by atoms with E-state index in [9.17, 15) is 25.2 Å². The van der Waals surface area contributed by atoms with Crippen LogP contribution < -0.4 is 9.47 Å². The average molecular weight is 381 g/mol. The number of ether oxygens (including phenoxy) is 2. The third-order valence-corrected chi connectivity index (χ3v) is 5.60. The number of nitrogens with zero attached hydrogens (tertiary/aromatic N) is 1. The molecule has 0 bridgehead atoms. The molecule has 0 spiro atoms. The van der Waals surface area contributed by atoms with Gasteiger partial charge in [0, 0.05) is 24.1 Å². The zero-order chi connectivity index (χ0) is 20.1. The summed E-state index contributed by atoms with van der Waals surface area (Å²) >= 11 is 0. The third-order valence-electron chi connectivity index (χ3n) is 5.60. The highest BCUT2D eigenvalue weighted by atomic mass is 16.5. The lowest BCUT2D eigenvalue weighted by molar-refractivity contribution is -0.314. The fourth-order valence-electron chi connectivity index (χ4n) is 4.40. The predicted molar refractivity (Wildman–Crippen MR) is 95.8 cm³/mol. The van der Waals surface area contributed by atoms with Crippen LogP contribution in [0.3, 0.4) is 0 Å². The second-order valence-corrected chi connectivity index (χ2v) is 7.66. The molecule has 150 valence electrons. The van der Waals surface area contributed by atoms with E-state index >= 15 is 0 Å². The Morgan fingerprint density at radius 3 is 2.30 bits per heavy atom. The number of aliphatic hydroxyl groups is 2. The van der Waals surface area contributed by atoms with Crippen LogP contribution in [0.1, 0.15) is 43.9 Å². The molecular formula is C19H27NO7. The first-order valence-electron chi connectivity index (χ1n) is 9.07. The van der Waals surface area contributed by atoms with Gasteiger partial charge in [0.25, 0.3) is 0 Å². The van der Waals surface area contributed by atoms with Crippen molar-refractivity contribution in [1.29, 1.82) is 0 Å². The number of phenols is 2. The second-order valence-electron chi connectivity index (χ2n) is 7.66. The summed E-state index contributed by atoms with van der Waals surface area (Å²) in [5.41, 5.74) is 0.706. The molecule has 1 aromatic rings. The third kappa shape index (κ3) is 2.92. The van der Waals surface area contributed by atoms with Gasteiger partial charge >= 0.3 is 0 Å². The number of carbonyl (C=O) groups is 1. The number of Topliss-reactive ketones (excluding diaryl/α,β-unsaturated/α-hetero) is 1. The number of hydrogen-bond donors (Lipinski definition) is 4. The number of benzene rings is 1. The molecule has 0 aliphatic carbocycles. The monoisotopic (exact) mass is 381 g/mol. The van der Waals surface area contributed by atoms with E-state index in [0.29, 0.717) is 12.0 Å². The predicted octanol–water partition coefficient (Wildman–Crippen LogP) is 1.29. The van der Waals surface area contributed by atoms with E-state index in [-0.39, 0.29) is 59.6 Å². The topological polar surface area (TPSA) is 120 Å². The summed E-state index contributed by atoms with van der Waals surface area (Å²) in [6, 6.07) is -0.773. The van der Waals surface area contributed by atoms with Crippen molar-refractivity contribution in [3.63, 3.8) is 0 Å². The van der Waals surface area contributed by atoms with E-state index in [2.05, 4.69) is 0 Å². The molecule has 2 atom stereocenters. The molecule has 27 heavy (non-hydrogen) atoms. The molecule has 0 saturated carbocycles. The van der Waals surface area contributed by atoms with Crippen molar-refractivity contribution in [2.75, 3.05) is 20.8 Å². The summed E-state index contributed by atoms with van der Waals surface area (Å²) in [4.78, 5) is 14.2. The molecule has 2 aliphatic heterocycles. The number of fused-ring (bicyclic) bond motifs is 3. The first kappa shape index (κ1) is 19.7. The number of carbonyl (C=O) groups excluding carboxylic acids is 1. The van der Waals surface area contributed by atoms with Crippen LogP contribution in [-0.4, -0.2) is 57.8 Å². The minimum absolute atomic E-state index is 0.00966. The highest BCUT2D eigenvalue weighted by Gasteiger charge is 2.55. The SMILES string of the molecule is COc1c(O)c2c(c(O)c1OC)C1CC(=O)C(CC(C)C)C(O)(O)N1CC2. The number of ketones is 1. The highest BCUT2D eigenvalue weighted by Crippen LogP contribution is 2.55. The fraction of sp³-hybridized carbons (Fsp3) is 0.632. The minimum Gasteiger partial charge on any atom is -0.504 e. The number of hydrogen-bond acceptors (Lipinski definition) is 8. The molecule has 1 aromatic carbocycles. The molecule has 8 heteroatoms. The zero-order valence-electron chi connectivity index (χ0n) is 16.0. The van der Waals surface area contributed by atoms with Gasteiger partial charge in [0.05, 0.1) is 26.2 Å². The van der Waals surface area contributed by atoms with Crippen molar-refractivity contribution in [2.24, 2.45) is 11.8 Å². The molecule has 0 amide bonds. The summed E-state index contributed by atoms with van der Waals surface area (Å²) in [6.45, 7) is 4.05. The van der Waals surface area contributed by atoms with Crippen LogP contribution in [0.2, 0.25) is 0 Å². The van der Waals surface area contributed by atoms with Crippen molar-refractivity contribution >= 4 is 5.78 Å². The molecular weight excluding hydrogens is 354 g/mol. The Kier molecular flexibility index (Phi) is 5.00. The van der Waals surface area contributed by atoms with Gasteiger partial charge in [0.2, 0.25) is 17.4 Å². The van der Waals surface area contributed by atoms with E-state index < -0.39 is 17.9 Å². The Morgan fingerprint density at radius 1 is 1.15 bits per heavy atom. The van der Waals surface area contributed by atoms with Crippen LogP contribution in [0, 0.1) is 11.8 Å². The second kappa shape index (κ2) is 6.85. The molecule has 1 saturated heterocycles. The van der Waals surface area contributed by atoms with Crippen LogP contribution in [0.4, 0.5) is 0 Å². The number of rotatable bonds is 4. The lowest BCUT2D eigenvalue weighted by Gasteiger charge is -2.51. The van der Waals surface area contributed by atoms with Crippen LogP contribution in [-0.2, 0) is 11.2 Å². The van der Waals surface area contributed by atoms with E-state index in [0.717, 1.165) is 0 Å². The van der Waals surface area contributed by atoms with Gasteiger partial charge in [-0.2, -0.15) is 0 Å². The molecule has 2 unspecified atom stereocenters. The van der Waals surface area contributed by atoms with Gasteiger partial charge in [0.15, 0.2) is 11.5 Å².